The molecule has 0 aliphatic rings. The number of amides is 1. The van der Waals surface area contributed by atoms with Crippen molar-refractivity contribution in [2.45, 2.75) is 15.7 Å². The molecule has 2 N–H and O–H groups in total. The van der Waals surface area contributed by atoms with Crippen LogP contribution >= 0.6 is 11.8 Å². The molecule has 0 saturated heterocycles. The summed E-state index contributed by atoms with van der Waals surface area (Å²) in [5.41, 5.74) is 9.34. The molecule has 43 heavy (non-hydrogen) atoms. The van der Waals surface area contributed by atoms with Crippen molar-refractivity contribution in [2.24, 2.45) is 5.73 Å². The van der Waals surface area contributed by atoms with Gasteiger partial charge in [-0.3, -0.25) is 9.10 Å². The first-order valence-electron chi connectivity index (χ1n) is 13.7. The van der Waals surface area contributed by atoms with E-state index in [2.05, 4.69) is 0 Å². The van der Waals surface area contributed by atoms with Gasteiger partial charge in [-0.15, -0.1) is 11.8 Å². The fourth-order valence-electron chi connectivity index (χ4n) is 5.16. The first-order valence-corrected chi connectivity index (χ1v) is 16.1. The van der Waals surface area contributed by atoms with Gasteiger partial charge in [-0.2, -0.15) is 0 Å². The summed E-state index contributed by atoms with van der Waals surface area (Å²) in [5.74, 6) is -0.139. The Kier molecular flexibility index (Phi) is 9.19. The van der Waals surface area contributed by atoms with Gasteiger partial charge in [0, 0.05) is 5.75 Å². The molecule has 5 aromatic carbocycles. The number of carbonyl (C=O) groups is 1. The summed E-state index contributed by atoms with van der Waals surface area (Å²) in [6.45, 7) is 0. The van der Waals surface area contributed by atoms with Crippen LogP contribution in [0.5, 0.6) is 5.75 Å². The van der Waals surface area contributed by atoms with Gasteiger partial charge in [-0.1, -0.05) is 109 Å². The molecule has 0 fully saturated rings. The number of rotatable bonds is 12. The predicted octanol–water partition coefficient (Wildman–Crippen LogP) is 6.47. The highest BCUT2D eigenvalue weighted by Crippen LogP contribution is 2.49. The molecule has 5 aromatic rings. The number of hydrogen-bond donors (Lipinski definition) is 1. The second kappa shape index (κ2) is 13.2. The molecule has 1 amide bonds. The molecular weight excluding hydrogens is 577 g/mol. The Morgan fingerprint density at radius 3 is 1.53 bits per heavy atom. The minimum Gasteiger partial charge on any atom is -0.497 e. The van der Waals surface area contributed by atoms with Crippen molar-refractivity contribution in [3.8, 4) is 5.75 Å². The van der Waals surface area contributed by atoms with Gasteiger partial charge in [0.25, 0.3) is 10.0 Å². The molecule has 0 bridgehead atoms. The molecule has 218 valence electrons. The lowest BCUT2D eigenvalue weighted by Gasteiger charge is -2.38. The second-order valence-electron chi connectivity index (χ2n) is 9.82. The molecule has 0 radical (unpaired) electrons. The van der Waals surface area contributed by atoms with E-state index < -0.39 is 26.7 Å². The number of nitrogens with zero attached hydrogens (tertiary/aromatic N) is 1. The number of hydrogen-bond acceptors (Lipinski definition) is 5. The van der Waals surface area contributed by atoms with E-state index >= 15 is 0 Å². The third kappa shape index (κ3) is 6.16. The van der Waals surface area contributed by atoms with E-state index in [-0.39, 0.29) is 10.6 Å². The van der Waals surface area contributed by atoms with Crippen LogP contribution in [0.15, 0.2) is 150 Å². The van der Waals surface area contributed by atoms with Crippen LogP contribution < -0.4 is 14.8 Å². The number of nitrogens with two attached hydrogens (primary N) is 1. The molecule has 5 rings (SSSR count). The highest BCUT2D eigenvalue weighted by atomic mass is 32.2. The lowest BCUT2D eigenvalue weighted by molar-refractivity contribution is -0.118. The summed E-state index contributed by atoms with van der Waals surface area (Å²) in [5, 5.41) is 0. The van der Waals surface area contributed by atoms with Crippen LogP contribution in [-0.4, -0.2) is 33.2 Å². The number of carbonyl (C=O) groups excluding carboxylic acids is 1. The minimum atomic E-state index is -4.20. The zero-order chi connectivity index (χ0) is 30.3. The van der Waals surface area contributed by atoms with E-state index in [1.807, 2.05) is 91.0 Å². The van der Waals surface area contributed by atoms with Crippen LogP contribution in [0, 0.1) is 0 Å². The lowest BCUT2D eigenvalue weighted by atomic mass is 9.84. The van der Waals surface area contributed by atoms with Crippen molar-refractivity contribution in [1.29, 1.82) is 0 Å². The van der Waals surface area contributed by atoms with E-state index in [1.54, 1.807) is 42.5 Å². The van der Waals surface area contributed by atoms with E-state index in [4.69, 9.17) is 10.5 Å². The average Bonchev–Trinajstić information content (AvgIpc) is 3.06. The summed E-state index contributed by atoms with van der Waals surface area (Å²) < 4.78 is 34.2. The summed E-state index contributed by atoms with van der Waals surface area (Å²) in [7, 11) is -2.67. The van der Waals surface area contributed by atoms with Crippen molar-refractivity contribution in [2.75, 3.05) is 17.2 Å². The van der Waals surface area contributed by atoms with Crippen molar-refractivity contribution >= 4 is 33.4 Å². The second-order valence-corrected chi connectivity index (χ2v) is 12.9. The highest BCUT2D eigenvalue weighted by Gasteiger charge is 2.41. The first-order chi connectivity index (χ1) is 20.9. The lowest BCUT2D eigenvalue weighted by Crippen LogP contribution is -2.50. The van der Waals surface area contributed by atoms with Crippen molar-refractivity contribution in [3.63, 3.8) is 0 Å². The molecule has 0 heterocycles. The van der Waals surface area contributed by atoms with Crippen molar-refractivity contribution < 1.29 is 17.9 Å². The Morgan fingerprint density at radius 1 is 0.721 bits per heavy atom. The average molecular weight is 609 g/mol. The molecule has 8 heteroatoms. The number of methoxy groups -OCH3 is 1. The monoisotopic (exact) mass is 608 g/mol. The maximum Gasteiger partial charge on any atom is 0.265 e. The molecular formula is C35H32N2O4S2. The summed E-state index contributed by atoms with van der Waals surface area (Å²) in [6, 6.07) is 43.5. The number of primary amides is 1. The number of thioether (sulfide) groups is 1. The van der Waals surface area contributed by atoms with Crippen LogP contribution in [0.2, 0.25) is 0 Å². The normalized spacial score (nSPS) is 12.3. The van der Waals surface area contributed by atoms with Crippen LogP contribution in [0.4, 0.5) is 5.69 Å². The zero-order valence-corrected chi connectivity index (χ0v) is 25.2. The van der Waals surface area contributed by atoms with Gasteiger partial charge < -0.3 is 10.5 Å². The first kappa shape index (κ1) is 29.9. The summed E-state index contributed by atoms with van der Waals surface area (Å²) in [4.78, 5) is 13.4. The number of benzene rings is 5. The maximum atomic E-state index is 14.2. The van der Waals surface area contributed by atoms with Gasteiger partial charge in [0.1, 0.15) is 11.8 Å². The third-order valence-corrected chi connectivity index (χ3v) is 10.7. The molecule has 0 unspecified atom stereocenters. The van der Waals surface area contributed by atoms with E-state index in [9.17, 15) is 13.2 Å². The maximum absolute atomic E-state index is 14.2. The minimum absolute atomic E-state index is 0.0579. The Balaban J connectivity index is 1.67. The van der Waals surface area contributed by atoms with Gasteiger partial charge >= 0.3 is 0 Å². The van der Waals surface area contributed by atoms with Crippen molar-refractivity contribution in [1.82, 2.24) is 0 Å². The topological polar surface area (TPSA) is 89.7 Å². The molecule has 0 aromatic heterocycles. The quantitative estimate of drug-likeness (QED) is 0.164. The highest BCUT2D eigenvalue weighted by molar-refractivity contribution is 8.00. The van der Waals surface area contributed by atoms with Gasteiger partial charge in [-0.05, 0) is 53.1 Å². The van der Waals surface area contributed by atoms with Gasteiger partial charge in [-0.25, -0.2) is 8.42 Å². The molecule has 0 saturated carbocycles. The van der Waals surface area contributed by atoms with E-state index in [0.29, 0.717) is 11.4 Å². The van der Waals surface area contributed by atoms with Crippen LogP contribution in [0.25, 0.3) is 0 Å². The summed E-state index contributed by atoms with van der Waals surface area (Å²) >= 11 is 1.48. The Labute approximate surface area is 257 Å². The van der Waals surface area contributed by atoms with Gasteiger partial charge in [0.15, 0.2) is 0 Å². The molecule has 0 aliphatic carbocycles. The molecule has 0 aliphatic heterocycles. The third-order valence-electron chi connectivity index (χ3n) is 7.24. The number of sulfonamides is 1. The SMILES string of the molecule is COc1ccc(N([C@@H](CSC(c2ccccc2)(c2ccccc2)c2ccccc2)C(N)=O)S(=O)(=O)c2ccccc2)cc1. The number of ether oxygens (including phenoxy) is 1. The predicted molar refractivity (Wildman–Crippen MR) is 174 cm³/mol. The van der Waals surface area contributed by atoms with Crippen molar-refractivity contribution in [3.05, 3.63) is 162 Å². The fraction of sp³-hybridized carbons (Fsp3) is 0.114. The Hall–Kier alpha value is -4.53. The summed E-state index contributed by atoms with van der Waals surface area (Å²) in [6.07, 6.45) is 0. The smallest absolute Gasteiger partial charge is 0.265 e. The van der Waals surface area contributed by atoms with Crippen LogP contribution in [-0.2, 0) is 19.6 Å². The standard InChI is InChI=1S/C35H32N2O4S2/c1-41-31-24-22-30(23-25-31)37(43(39,40)32-20-12-5-13-21-32)33(34(36)38)26-42-35(27-14-6-2-7-15-27,28-16-8-3-9-17-28)29-18-10-4-11-19-29/h2-25,33H,26H2,1H3,(H2,36,38)/t33-/m0/s1. The van der Waals surface area contributed by atoms with Crippen LogP contribution in [0.3, 0.4) is 0 Å². The Morgan fingerprint density at radius 2 is 1.14 bits per heavy atom. The van der Waals surface area contributed by atoms with Crippen LogP contribution in [0.1, 0.15) is 16.7 Å². The largest absolute Gasteiger partial charge is 0.497 e. The zero-order valence-electron chi connectivity index (χ0n) is 23.6. The molecule has 1 atom stereocenters. The van der Waals surface area contributed by atoms with Gasteiger partial charge in [0.05, 0.1) is 22.4 Å². The van der Waals surface area contributed by atoms with E-state index in [1.165, 1.54) is 31.0 Å². The van der Waals surface area contributed by atoms with Gasteiger partial charge in [0.2, 0.25) is 5.91 Å². The fourth-order valence-corrected chi connectivity index (χ4v) is 8.52. The molecule has 6 nitrogen and oxygen atoms in total. The Bertz CT molecular complexity index is 1640. The number of anilines is 1. The van der Waals surface area contributed by atoms with E-state index in [0.717, 1.165) is 21.0 Å². The molecule has 0 spiro atoms.